The van der Waals surface area contributed by atoms with Crippen molar-refractivity contribution in [3.63, 3.8) is 0 Å². The molecule has 0 N–H and O–H groups in total. The lowest BCUT2D eigenvalue weighted by molar-refractivity contribution is 1.15. The lowest BCUT2D eigenvalue weighted by Gasteiger charge is -2.13. The van der Waals surface area contributed by atoms with Gasteiger partial charge in [-0.1, -0.05) is 109 Å². The average molecular weight is 642 g/mol. The summed E-state index contributed by atoms with van der Waals surface area (Å²) >= 11 is 1.83. The zero-order chi connectivity index (χ0) is 32.1. The van der Waals surface area contributed by atoms with E-state index >= 15 is 0 Å². The zero-order valence-corrected chi connectivity index (χ0v) is 27.2. The minimum atomic E-state index is 1.09. The molecule has 0 bridgehead atoms. The summed E-state index contributed by atoms with van der Waals surface area (Å²) in [5.74, 6) is 0. The normalized spacial score (nSPS) is 12.1. The van der Waals surface area contributed by atoms with Gasteiger partial charge in [0.25, 0.3) is 0 Å². The highest BCUT2D eigenvalue weighted by molar-refractivity contribution is 7.26. The first-order chi connectivity index (χ1) is 24.3. The molecule has 0 saturated carbocycles. The lowest BCUT2D eigenvalue weighted by atomic mass is 10.0. The molecule has 0 aliphatic rings. The van der Waals surface area contributed by atoms with Crippen LogP contribution < -0.4 is 0 Å². The highest BCUT2D eigenvalue weighted by Crippen LogP contribution is 2.42. The third kappa shape index (κ3) is 3.80. The summed E-state index contributed by atoms with van der Waals surface area (Å²) in [6, 6.07) is 57.3. The van der Waals surface area contributed by atoms with Crippen LogP contribution in [0, 0.1) is 0 Å². The van der Waals surface area contributed by atoms with Gasteiger partial charge in [-0.25, -0.2) is 0 Å². The van der Waals surface area contributed by atoms with Crippen molar-refractivity contribution in [3.8, 4) is 22.5 Å². The van der Waals surface area contributed by atoms with Crippen LogP contribution in [0.2, 0.25) is 0 Å². The number of aromatic nitrogens is 3. The third-order valence-electron chi connectivity index (χ3n) is 10.1. The van der Waals surface area contributed by atoms with E-state index in [1.165, 1.54) is 80.3 Å². The van der Waals surface area contributed by atoms with Gasteiger partial charge in [0.2, 0.25) is 0 Å². The fourth-order valence-corrected chi connectivity index (χ4v) is 9.15. The molecule has 11 rings (SSSR count). The van der Waals surface area contributed by atoms with Gasteiger partial charge in [0.15, 0.2) is 0 Å². The van der Waals surface area contributed by atoms with Crippen molar-refractivity contribution in [1.82, 2.24) is 14.1 Å². The highest BCUT2D eigenvalue weighted by atomic mass is 32.1. The van der Waals surface area contributed by atoms with Gasteiger partial charge in [-0.3, -0.25) is 4.98 Å². The molecule has 4 heterocycles. The van der Waals surface area contributed by atoms with Crippen molar-refractivity contribution in [2.75, 3.05) is 0 Å². The number of para-hydroxylation sites is 3. The number of hydrogen-bond acceptors (Lipinski definition) is 2. The first-order valence-electron chi connectivity index (χ1n) is 16.6. The second-order valence-electron chi connectivity index (χ2n) is 12.8. The Morgan fingerprint density at radius 3 is 1.67 bits per heavy atom. The number of benzene rings is 7. The zero-order valence-electron chi connectivity index (χ0n) is 26.3. The van der Waals surface area contributed by atoms with Gasteiger partial charge in [-0.05, 0) is 59.7 Å². The van der Waals surface area contributed by atoms with Crippen molar-refractivity contribution < 1.29 is 0 Å². The van der Waals surface area contributed by atoms with E-state index in [0.29, 0.717) is 0 Å². The van der Waals surface area contributed by atoms with Crippen LogP contribution in [0.25, 0.3) is 97.2 Å². The van der Waals surface area contributed by atoms with Gasteiger partial charge in [0.05, 0.1) is 32.3 Å². The Morgan fingerprint density at radius 1 is 0.429 bits per heavy atom. The van der Waals surface area contributed by atoms with Crippen LogP contribution in [0.15, 0.2) is 164 Å². The Bertz CT molecular complexity index is 3090. The summed E-state index contributed by atoms with van der Waals surface area (Å²) < 4.78 is 7.43. The molecular formula is C45H27N3S. The SMILES string of the molecule is c1ccc(-n2c3ccccc3c3ccc4c5ccccc5n(-c5ccc(-c6ccc7c(cnc8c9ccccc9sc78)c6)cc5)c4c32)cc1. The molecule has 0 radical (unpaired) electrons. The number of nitrogens with zero attached hydrogens (tertiary/aromatic N) is 3. The van der Waals surface area contributed by atoms with E-state index in [1.54, 1.807) is 0 Å². The summed E-state index contributed by atoms with van der Waals surface area (Å²) in [4.78, 5) is 4.91. The number of hydrogen-bond donors (Lipinski definition) is 0. The summed E-state index contributed by atoms with van der Waals surface area (Å²) in [6.45, 7) is 0. The molecule has 11 aromatic rings. The predicted octanol–water partition coefficient (Wildman–Crippen LogP) is 12.5. The van der Waals surface area contributed by atoms with Crippen LogP contribution in [0.4, 0.5) is 0 Å². The van der Waals surface area contributed by atoms with Crippen LogP contribution in [0.5, 0.6) is 0 Å². The van der Waals surface area contributed by atoms with Crippen LogP contribution in [0.1, 0.15) is 0 Å². The Hall–Kier alpha value is -6.23. The Morgan fingerprint density at radius 2 is 0.980 bits per heavy atom. The van der Waals surface area contributed by atoms with Crippen LogP contribution >= 0.6 is 11.3 Å². The fourth-order valence-electron chi connectivity index (χ4n) is 7.95. The van der Waals surface area contributed by atoms with Crippen LogP contribution in [0.3, 0.4) is 0 Å². The molecule has 0 unspecified atom stereocenters. The quantitative estimate of drug-likeness (QED) is 0.188. The standard InChI is InChI=1S/C45H27N3S/c1-2-10-31(11-3-1)47-39-15-7-4-12-34(39)36-24-25-37-35-13-5-8-16-40(35)48(44(37)43(36)47)32-21-18-28(19-22-32)29-20-23-33-30(26-29)27-46-42-38-14-6-9-17-41(38)49-45(33)42/h1-27H. The summed E-state index contributed by atoms with van der Waals surface area (Å²) in [5, 5.41) is 8.67. The molecule has 4 aromatic heterocycles. The van der Waals surface area contributed by atoms with Crippen molar-refractivity contribution in [1.29, 1.82) is 0 Å². The monoisotopic (exact) mass is 641 g/mol. The number of fused-ring (bicyclic) bond motifs is 12. The lowest BCUT2D eigenvalue weighted by Crippen LogP contribution is -1.98. The molecule has 7 aromatic carbocycles. The molecular weight excluding hydrogens is 615 g/mol. The summed E-state index contributed by atoms with van der Waals surface area (Å²) in [5.41, 5.74) is 10.6. The second kappa shape index (κ2) is 10.1. The maximum absolute atomic E-state index is 4.91. The van der Waals surface area contributed by atoms with Gasteiger partial charge in [0.1, 0.15) is 0 Å². The topological polar surface area (TPSA) is 22.8 Å². The summed E-state index contributed by atoms with van der Waals surface area (Å²) in [7, 11) is 0. The van der Waals surface area contributed by atoms with Crippen LogP contribution in [-0.2, 0) is 0 Å². The molecule has 0 atom stereocenters. The molecule has 3 nitrogen and oxygen atoms in total. The second-order valence-corrected chi connectivity index (χ2v) is 13.8. The maximum Gasteiger partial charge on any atom is 0.0894 e. The molecule has 0 amide bonds. The Labute approximate surface area is 285 Å². The van der Waals surface area contributed by atoms with Crippen molar-refractivity contribution in [2.24, 2.45) is 0 Å². The van der Waals surface area contributed by atoms with Gasteiger partial charge in [0, 0.05) is 60.0 Å². The Balaban J connectivity index is 1.12. The molecule has 4 heteroatoms. The molecule has 49 heavy (non-hydrogen) atoms. The van der Waals surface area contributed by atoms with E-state index in [-0.39, 0.29) is 0 Å². The van der Waals surface area contributed by atoms with E-state index in [1.807, 2.05) is 17.5 Å². The minimum Gasteiger partial charge on any atom is -0.307 e. The first-order valence-corrected chi connectivity index (χ1v) is 17.4. The first kappa shape index (κ1) is 26.8. The number of rotatable bonds is 3. The van der Waals surface area contributed by atoms with E-state index in [0.717, 1.165) is 16.9 Å². The fraction of sp³-hybridized carbons (Fsp3) is 0. The maximum atomic E-state index is 4.91. The third-order valence-corrected chi connectivity index (χ3v) is 11.3. The highest BCUT2D eigenvalue weighted by Gasteiger charge is 2.21. The average Bonchev–Trinajstić information content (AvgIpc) is 3.83. The van der Waals surface area contributed by atoms with Gasteiger partial charge >= 0.3 is 0 Å². The largest absolute Gasteiger partial charge is 0.307 e. The van der Waals surface area contributed by atoms with E-state index in [2.05, 4.69) is 167 Å². The van der Waals surface area contributed by atoms with E-state index in [4.69, 9.17) is 4.98 Å². The van der Waals surface area contributed by atoms with Crippen molar-refractivity contribution in [3.05, 3.63) is 164 Å². The van der Waals surface area contributed by atoms with Crippen molar-refractivity contribution in [2.45, 2.75) is 0 Å². The summed E-state index contributed by atoms with van der Waals surface area (Å²) in [6.07, 6.45) is 2.03. The minimum absolute atomic E-state index is 1.09. The number of thiophene rings is 1. The Kier molecular flexibility index (Phi) is 5.54. The van der Waals surface area contributed by atoms with Gasteiger partial charge in [-0.2, -0.15) is 0 Å². The van der Waals surface area contributed by atoms with E-state index in [9.17, 15) is 0 Å². The molecule has 0 spiro atoms. The van der Waals surface area contributed by atoms with Crippen molar-refractivity contribution >= 4 is 86.0 Å². The molecule has 0 aliphatic heterocycles. The number of pyridine rings is 1. The molecule has 0 fully saturated rings. The molecule has 0 aliphatic carbocycles. The predicted molar refractivity (Wildman–Crippen MR) is 209 cm³/mol. The van der Waals surface area contributed by atoms with Crippen LogP contribution in [-0.4, -0.2) is 14.1 Å². The molecule has 228 valence electrons. The van der Waals surface area contributed by atoms with Gasteiger partial charge in [-0.15, -0.1) is 11.3 Å². The molecule has 0 saturated heterocycles. The van der Waals surface area contributed by atoms with Gasteiger partial charge < -0.3 is 9.13 Å². The van der Waals surface area contributed by atoms with E-state index < -0.39 is 0 Å². The smallest absolute Gasteiger partial charge is 0.0894 e.